The molecular weight excluding hydrogens is 374 g/mol. The summed E-state index contributed by atoms with van der Waals surface area (Å²) >= 11 is 0. The lowest BCUT2D eigenvalue weighted by Crippen LogP contribution is -2.50. The summed E-state index contributed by atoms with van der Waals surface area (Å²) in [5.41, 5.74) is 1.40. The summed E-state index contributed by atoms with van der Waals surface area (Å²) in [5.74, 6) is 1.11. The summed E-state index contributed by atoms with van der Waals surface area (Å²) in [7, 11) is 0. The highest BCUT2D eigenvalue weighted by Crippen LogP contribution is 2.30. The molecule has 4 heterocycles. The number of fused-ring (bicyclic) bond motifs is 1. The smallest absolute Gasteiger partial charge is 0.410 e. The molecule has 0 bridgehead atoms. The number of rotatable bonds is 3. The molecule has 5 rings (SSSR count). The van der Waals surface area contributed by atoms with Gasteiger partial charge in [0.1, 0.15) is 5.60 Å². The lowest BCUT2D eigenvalue weighted by atomic mass is 10.0. The van der Waals surface area contributed by atoms with Crippen molar-refractivity contribution < 1.29 is 18.8 Å². The standard InChI is InChI=1S/C20H23N5O4/c1-20(2,3)28-19(26)24-8-14(9-24)18-22-17(23-29-18)12-4-5-13-7-21-25(16(13)6-12)15-10-27-11-15/h4-7,14-15H,8-11H2,1-3H3. The maximum Gasteiger partial charge on any atom is 0.410 e. The summed E-state index contributed by atoms with van der Waals surface area (Å²) in [5, 5.41) is 9.69. The van der Waals surface area contributed by atoms with E-state index in [1.165, 1.54) is 0 Å². The Morgan fingerprint density at radius 1 is 1.24 bits per heavy atom. The number of benzene rings is 1. The molecule has 9 nitrogen and oxygen atoms in total. The Bertz CT molecular complexity index is 1060. The number of likely N-dealkylation sites (tertiary alicyclic amines) is 1. The van der Waals surface area contributed by atoms with E-state index in [4.69, 9.17) is 14.0 Å². The maximum atomic E-state index is 12.1. The van der Waals surface area contributed by atoms with Gasteiger partial charge in [-0.25, -0.2) is 4.79 Å². The Labute approximate surface area is 167 Å². The molecule has 1 amide bonds. The van der Waals surface area contributed by atoms with Crippen LogP contribution in [0.15, 0.2) is 28.9 Å². The van der Waals surface area contributed by atoms with E-state index >= 15 is 0 Å². The Morgan fingerprint density at radius 2 is 2.03 bits per heavy atom. The average molecular weight is 397 g/mol. The number of hydrogen-bond acceptors (Lipinski definition) is 7. The zero-order chi connectivity index (χ0) is 20.2. The van der Waals surface area contributed by atoms with E-state index in [0.29, 0.717) is 38.0 Å². The minimum absolute atomic E-state index is 0.0325. The molecule has 9 heteroatoms. The van der Waals surface area contributed by atoms with Crippen LogP contribution in [0.4, 0.5) is 4.79 Å². The van der Waals surface area contributed by atoms with Crippen molar-refractivity contribution in [3.8, 4) is 11.4 Å². The van der Waals surface area contributed by atoms with Crippen molar-refractivity contribution in [2.24, 2.45) is 0 Å². The fraction of sp³-hybridized carbons (Fsp3) is 0.500. The SMILES string of the molecule is CC(C)(C)OC(=O)N1CC(c2nc(-c3ccc4cnn(C5COC5)c4c3)no2)C1. The van der Waals surface area contributed by atoms with Crippen molar-refractivity contribution in [1.82, 2.24) is 24.8 Å². The van der Waals surface area contributed by atoms with Crippen molar-refractivity contribution in [3.05, 3.63) is 30.3 Å². The van der Waals surface area contributed by atoms with Crippen LogP contribution in [0, 0.1) is 0 Å². The van der Waals surface area contributed by atoms with Gasteiger partial charge in [-0.05, 0) is 26.8 Å². The van der Waals surface area contributed by atoms with Gasteiger partial charge < -0.3 is 18.9 Å². The van der Waals surface area contributed by atoms with Gasteiger partial charge >= 0.3 is 6.09 Å². The molecule has 152 valence electrons. The van der Waals surface area contributed by atoms with Crippen LogP contribution in [0.3, 0.4) is 0 Å². The highest BCUT2D eigenvalue weighted by Gasteiger charge is 2.38. The minimum atomic E-state index is -0.503. The monoisotopic (exact) mass is 397 g/mol. The van der Waals surface area contributed by atoms with Gasteiger partial charge in [-0.15, -0.1) is 0 Å². The summed E-state index contributed by atoms with van der Waals surface area (Å²) in [4.78, 5) is 18.3. The van der Waals surface area contributed by atoms with Crippen molar-refractivity contribution in [1.29, 1.82) is 0 Å². The van der Waals surface area contributed by atoms with Crippen molar-refractivity contribution in [2.45, 2.75) is 38.3 Å². The molecular formula is C20H23N5O4. The zero-order valence-electron chi connectivity index (χ0n) is 16.7. The number of nitrogens with zero attached hydrogens (tertiary/aromatic N) is 5. The zero-order valence-corrected chi connectivity index (χ0v) is 16.7. The van der Waals surface area contributed by atoms with E-state index < -0.39 is 5.60 Å². The van der Waals surface area contributed by atoms with Gasteiger partial charge in [0.25, 0.3) is 0 Å². The van der Waals surface area contributed by atoms with E-state index in [0.717, 1.165) is 16.5 Å². The summed E-state index contributed by atoms with van der Waals surface area (Å²) < 4.78 is 18.1. The van der Waals surface area contributed by atoms with Gasteiger partial charge in [0, 0.05) is 24.0 Å². The molecule has 2 aliphatic heterocycles. The van der Waals surface area contributed by atoms with Crippen molar-refractivity contribution in [2.75, 3.05) is 26.3 Å². The first kappa shape index (κ1) is 18.1. The van der Waals surface area contributed by atoms with Gasteiger partial charge in [0.15, 0.2) is 0 Å². The molecule has 2 aromatic heterocycles. The molecule has 0 radical (unpaired) electrons. The topological polar surface area (TPSA) is 95.5 Å². The quantitative estimate of drug-likeness (QED) is 0.670. The Balaban J connectivity index is 1.30. The van der Waals surface area contributed by atoms with Gasteiger partial charge in [0.05, 0.1) is 36.9 Å². The molecule has 0 spiro atoms. The lowest BCUT2D eigenvalue weighted by molar-refractivity contribution is -0.0266. The molecule has 0 unspecified atom stereocenters. The third kappa shape index (κ3) is 3.35. The molecule has 0 atom stereocenters. The van der Waals surface area contributed by atoms with Crippen LogP contribution in [0.1, 0.15) is 38.6 Å². The fourth-order valence-electron chi connectivity index (χ4n) is 3.46. The number of carbonyl (C=O) groups is 1. The average Bonchev–Trinajstić information content (AvgIpc) is 3.18. The van der Waals surface area contributed by atoms with Crippen LogP contribution < -0.4 is 0 Å². The first-order valence-electron chi connectivity index (χ1n) is 9.74. The normalized spacial score (nSPS) is 18.0. The van der Waals surface area contributed by atoms with Crippen LogP contribution >= 0.6 is 0 Å². The molecule has 2 aliphatic rings. The molecule has 29 heavy (non-hydrogen) atoms. The number of aromatic nitrogens is 4. The number of hydrogen-bond donors (Lipinski definition) is 0. The Morgan fingerprint density at radius 3 is 2.72 bits per heavy atom. The van der Waals surface area contributed by atoms with Gasteiger partial charge in [-0.2, -0.15) is 10.1 Å². The van der Waals surface area contributed by atoms with Crippen molar-refractivity contribution >= 4 is 17.0 Å². The van der Waals surface area contributed by atoms with E-state index in [-0.39, 0.29) is 18.1 Å². The maximum absolute atomic E-state index is 12.1. The second kappa shape index (κ2) is 6.55. The first-order valence-corrected chi connectivity index (χ1v) is 9.74. The second-order valence-corrected chi connectivity index (χ2v) is 8.59. The lowest BCUT2D eigenvalue weighted by Gasteiger charge is -2.37. The van der Waals surface area contributed by atoms with Crippen LogP contribution in [-0.2, 0) is 9.47 Å². The molecule has 2 saturated heterocycles. The molecule has 0 N–H and O–H groups in total. The third-order valence-corrected chi connectivity index (χ3v) is 5.15. The number of carbonyl (C=O) groups excluding carboxylic acids is 1. The van der Waals surface area contributed by atoms with Crippen molar-refractivity contribution in [3.63, 3.8) is 0 Å². The Hall–Kier alpha value is -2.94. The van der Waals surface area contributed by atoms with Crippen LogP contribution in [-0.4, -0.2) is 62.8 Å². The molecule has 0 saturated carbocycles. The van der Waals surface area contributed by atoms with E-state index in [9.17, 15) is 4.79 Å². The number of ether oxygens (including phenoxy) is 2. The molecule has 3 aromatic rings. The third-order valence-electron chi connectivity index (χ3n) is 5.15. The van der Waals surface area contributed by atoms with E-state index in [1.54, 1.807) is 4.90 Å². The second-order valence-electron chi connectivity index (χ2n) is 8.59. The van der Waals surface area contributed by atoms with Gasteiger partial charge in [-0.1, -0.05) is 17.3 Å². The van der Waals surface area contributed by atoms with Crippen LogP contribution in [0.25, 0.3) is 22.3 Å². The van der Waals surface area contributed by atoms with Gasteiger partial charge in [0.2, 0.25) is 11.7 Å². The van der Waals surface area contributed by atoms with Crippen LogP contribution in [0.2, 0.25) is 0 Å². The first-order chi connectivity index (χ1) is 13.9. The largest absolute Gasteiger partial charge is 0.444 e. The van der Waals surface area contributed by atoms with E-state index in [2.05, 4.69) is 15.2 Å². The molecule has 2 fully saturated rings. The molecule has 1 aromatic carbocycles. The van der Waals surface area contributed by atoms with E-state index in [1.807, 2.05) is 49.8 Å². The Kier molecular flexibility index (Phi) is 4.09. The highest BCUT2D eigenvalue weighted by atomic mass is 16.6. The fourth-order valence-corrected chi connectivity index (χ4v) is 3.46. The van der Waals surface area contributed by atoms with Crippen LogP contribution in [0.5, 0.6) is 0 Å². The predicted octanol–water partition coefficient (Wildman–Crippen LogP) is 2.99. The molecule has 0 aliphatic carbocycles. The summed E-state index contributed by atoms with van der Waals surface area (Å²) in [6, 6.07) is 6.28. The number of amides is 1. The summed E-state index contributed by atoms with van der Waals surface area (Å²) in [6.45, 7) is 7.97. The highest BCUT2D eigenvalue weighted by molar-refractivity contribution is 5.83. The van der Waals surface area contributed by atoms with Gasteiger partial charge in [-0.3, -0.25) is 4.68 Å². The predicted molar refractivity (Wildman–Crippen MR) is 103 cm³/mol. The minimum Gasteiger partial charge on any atom is -0.444 e. The summed E-state index contributed by atoms with van der Waals surface area (Å²) in [6.07, 6.45) is 1.55.